The lowest BCUT2D eigenvalue weighted by molar-refractivity contribution is -0.114. The van der Waals surface area contributed by atoms with Crippen LogP contribution >= 0.6 is 11.3 Å². The van der Waals surface area contributed by atoms with Crippen molar-refractivity contribution in [3.05, 3.63) is 52.1 Å². The van der Waals surface area contributed by atoms with Crippen LogP contribution in [-0.4, -0.2) is 18.9 Å². The minimum absolute atomic E-state index is 0.0739. The maximum Gasteiger partial charge on any atom is 0.308 e. The molecular weight excluding hydrogens is 386 g/mol. The molecule has 0 aliphatic heterocycles. The second-order valence-electron chi connectivity index (χ2n) is 6.02. The molecule has 0 radical (unpaired) electrons. The van der Waals surface area contributed by atoms with E-state index in [1.807, 2.05) is 6.92 Å². The van der Waals surface area contributed by atoms with E-state index in [0.717, 1.165) is 23.3 Å². The maximum atomic E-state index is 12.7. The lowest BCUT2D eigenvalue weighted by atomic mass is 10.3. The highest BCUT2D eigenvalue weighted by atomic mass is 32.2. The average molecular weight is 406 g/mol. The summed E-state index contributed by atoms with van der Waals surface area (Å²) in [6, 6.07) is 11.1. The number of nitrogens with one attached hydrogen (secondary N) is 2. The highest BCUT2D eigenvalue weighted by Crippen LogP contribution is 2.24. The summed E-state index contributed by atoms with van der Waals surface area (Å²) in [5.74, 6) is -0.244. The first kappa shape index (κ1) is 19.1. The zero-order valence-electron chi connectivity index (χ0n) is 14.9. The summed E-state index contributed by atoms with van der Waals surface area (Å²) in [6.07, 6.45) is 0.817. The predicted octanol–water partition coefficient (Wildman–Crippen LogP) is 3.23. The lowest BCUT2D eigenvalue weighted by Gasteiger charge is -2.10. The van der Waals surface area contributed by atoms with Crippen molar-refractivity contribution in [3.8, 4) is 0 Å². The molecule has 2 aromatic carbocycles. The van der Waals surface area contributed by atoms with Crippen LogP contribution in [0.4, 0.5) is 11.4 Å². The van der Waals surface area contributed by atoms with Crippen molar-refractivity contribution < 1.29 is 13.2 Å². The number of anilines is 2. The Kier molecular flexibility index (Phi) is 5.33. The van der Waals surface area contributed by atoms with Crippen molar-refractivity contribution in [1.82, 2.24) is 4.57 Å². The minimum atomic E-state index is -3.83. The Morgan fingerprint density at radius 2 is 1.89 bits per heavy atom. The topological polar surface area (TPSA) is 97.3 Å². The number of amides is 1. The van der Waals surface area contributed by atoms with E-state index in [-0.39, 0.29) is 15.7 Å². The van der Waals surface area contributed by atoms with Gasteiger partial charge in [-0.25, -0.2) is 8.42 Å². The number of thiazole rings is 1. The summed E-state index contributed by atoms with van der Waals surface area (Å²) in [5, 5.41) is 2.61. The van der Waals surface area contributed by atoms with Gasteiger partial charge in [0.2, 0.25) is 5.91 Å². The fourth-order valence-electron chi connectivity index (χ4n) is 2.73. The van der Waals surface area contributed by atoms with E-state index in [4.69, 9.17) is 0 Å². The van der Waals surface area contributed by atoms with Gasteiger partial charge in [-0.1, -0.05) is 24.3 Å². The number of fused-ring (bicyclic) bond motifs is 1. The molecule has 0 unspecified atom stereocenters. The molecule has 3 rings (SSSR count). The monoisotopic (exact) mass is 405 g/mol. The Morgan fingerprint density at radius 3 is 2.59 bits per heavy atom. The number of hydrogen-bond donors (Lipinski definition) is 2. The van der Waals surface area contributed by atoms with Crippen molar-refractivity contribution in [1.29, 1.82) is 0 Å². The third kappa shape index (κ3) is 4.20. The normalized spacial score (nSPS) is 11.5. The highest BCUT2D eigenvalue weighted by molar-refractivity contribution is 7.92. The third-order valence-electron chi connectivity index (χ3n) is 3.83. The molecule has 1 heterocycles. The SMILES string of the molecule is CCCn1c(=O)sc2cc(S(=O)(=O)Nc3cccc(NC(C)=O)c3)ccc21. The second-order valence-corrected chi connectivity index (χ2v) is 8.69. The highest BCUT2D eigenvalue weighted by Gasteiger charge is 2.17. The standard InChI is InChI=1S/C18H19N3O4S2/c1-3-9-21-16-8-7-15(11-17(16)26-18(21)23)27(24,25)20-14-6-4-5-13(10-14)19-12(2)22/h4-8,10-11,20H,3,9H2,1-2H3,(H,19,22). The Balaban J connectivity index is 1.93. The molecular formula is C18H19N3O4S2. The van der Waals surface area contributed by atoms with E-state index in [2.05, 4.69) is 10.0 Å². The molecule has 27 heavy (non-hydrogen) atoms. The fourth-order valence-corrected chi connectivity index (χ4v) is 4.83. The minimum Gasteiger partial charge on any atom is -0.326 e. The number of rotatable bonds is 6. The van der Waals surface area contributed by atoms with Crippen LogP contribution in [0.2, 0.25) is 0 Å². The van der Waals surface area contributed by atoms with E-state index >= 15 is 0 Å². The Labute approximate surface area is 160 Å². The summed E-state index contributed by atoms with van der Waals surface area (Å²) in [5.41, 5.74) is 1.56. The summed E-state index contributed by atoms with van der Waals surface area (Å²) < 4.78 is 30.2. The number of aromatic nitrogens is 1. The quantitative estimate of drug-likeness (QED) is 0.658. The summed E-state index contributed by atoms with van der Waals surface area (Å²) in [6.45, 7) is 3.95. The molecule has 7 nitrogen and oxygen atoms in total. The number of hydrogen-bond acceptors (Lipinski definition) is 5. The lowest BCUT2D eigenvalue weighted by Crippen LogP contribution is -2.14. The molecule has 0 bridgehead atoms. The van der Waals surface area contributed by atoms with E-state index in [1.165, 1.54) is 25.1 Å². The molecule has 0 aliphatic rings. The summed E-state index contributed by atoms with van der Waals surface area (Å²) in [7, 11) is -3.83. The van der Waals surface area contributed by atoms with Gasteiger partial charge in [-0.15, -0.1) is 0 Å². The van der Waals surface area contributed by atoms with Crippen LogP contribution in [0.25, 0.3) is 10.2 Å². The molecule has 0 saturated carbocycles. The Hall–Kier alpha value is -2.65. The number of carbonyl (C=O) groups is 1. The first-order valence-electron chi connectivity index (χ1n) is 8.34. The number of aryl methyl sites for hydroxylation is 1. The number of benzene rings is 2. The first-order valence-corrected chi connectivity index (χ1v) is 10.6. The van der Waals surface area contributed by atoms with Crippen LogP contribution in [0.15, 0.2) is 52.2 Å². The van der Waals surface area contributed by atoms with Crippen LogP contribution < -0.4 is 14.9 Å². The van der Waals surface area contributed by atoms with Gasteiger partial charge in [0, 0.05) is 19.2 Å². The fraction of sp³-hybridized carbons (Fsp3) is 0.222. The van der Waals surface area contributed by atoms with Crippen molar-refractivity contribution in [2.24, 2.45) is 0 Å². The van der Waals surface area contributed by atoms with E-state index in [0.29, 0.717) is 22.6 Å². The molecule has 1 amide bonds. The van der Waals surface area contributed by atoms with E-state index < -0.39 is 10.0 Å². The van der Waals surface area contributed by atoms with Gasteiger partial charge >= 0.3 is 4.87 Å². The molecule has 0 aliphatic carbocycles. The van der Waals surface area contributed by atoms with Crippen LogP contribution in [0.3, 0.4) is 0 Å². The van der Waals surface area contributed by atoms with Gasteiger partial charge in [0.15, 0.2) is 0 Å². The van der Waals surface area contributed by atoms with Crippen LogP contribution in [0, 0.1) is 0 Å². The number of carbonyl (C=O) groups excluding carboxylic acids is 1. The van der Waals surface area contributed by atoms with Crippen molar-refractivity contribution in [2.45, 2.75) is 31.7 Å². The molecule has 2 N–H and O–H groups in total. The molecule has 1 aromatic heterocycles. The summed E-state index contributed by atoms with van der Waals surface area (Å²) in [4.78, 5) is 23.2. The van der Waals surface area contributed by atoms with Gasteiger partial charge in [0.25, 0.3) is 10.0 Å². The van der Waals surface area contributed by atoms with E-state index in [9.17, 15) is 18.0 Å². The molecule has 0 spiro atoms. The summed E-state index contributed by atoms with van der Waals surface area (Å²) >= 11 is 1.03. The van der Waals surface area contributed by atoms with Crippen LogP contribution in [0.1, 0.15) is 20.3 Å². The van der Waals surface area contributed by atoms with Crippen molar-refractivity contribution in [2.75, 3.05) is 10.0 Å². The molecule has 0 atom stereocenters. The molecule has 9 heteroatoms. The van der Waals surface area contributed by atoms with Gasteiger partial charge in [-0.3, -0.25) is 18.9 Å². The van der Waals surface area contributed by atoms with Gasteiger partial charge in [0.1, 0.15) is 0 Å². The largest absolute Gasteiger partial charge is 0.326 e. The number of nitrogens with zero attached hydrogens (tertiary/aromatic N) is 1. The molecule has 0 fully saturated rings. The van der Waals surface area contributed by atoms with E-state index in [1.54, 1.807) is 28.8 Å². The maximum absolute atomic E-state index is 12.7. The zero-order valence-corrected chi connectivity index (χ0v) is 16.5. The van der Waals surface area contributed by atoms with Gasteiger partial charge in [-0.2, -0.15) is 0 Å². The second kappa shape index (κ2) is 7.53. The molecule has 3 aromatic rings. The van der Waals surface area contributed by atoms with Crippen molar-refractivity contribution in [3.63, 3.8) is 0 Å². The average Bonchev–Trinajstić information content (AvgIpc) is 2.89. The zero-order chi connectivity index (χ0) is 19.6. The number of sulfonamides is 1. The molecule has 142 valence electrons. The first-order chi connectivity index (χ1) is 12.8. The van der Waals surface area contributed by atoms with Crippen molar-refractivity contribution >= 4 is 48.9 Å². The predicted molar refractivity (Wildman–Crippen MR) is 108 cm³/mol. The smallest absolute Gasteiger partial charge is 0.308 e. The molecule has 0 saturated heterocycles. The van der Waals surface area contributed by atoms with Crippen LogP contribution in [-0.2, 0) is 21.4 Å². The third-order valence-corrected chi connectivity index (χ3v) is 6.15. The van der Waals surface area contributed by atoms with Gasteiger partial charge in [0.05, 0.1) is 20.8 Å². The Morgan fingerprint density at radius 1 is 1.15 bits per heavy atom. The van der Waals surface area contributed by atoms with Gasteiger partial charge < -0.3 is 5.32 Å². The van der Waals surface area contributed by atoms with Gasteiger partial charge in [-0.05, 0) is 42.8 Å². The Bertz CT molecular complexity index is 1160. The van der Waals surface area contributed by atoms with Crippen LogP contribution in [0.5, 0.6) is 0 Å².